The predicted molar refractivity (Wildman–Crippen MR) is 127 cm³/mol. The van der Waals surface area contributed by atoms with Crippen LogP contribution in [0.3, 0.4) is 0 Å². The molecule has 0 saturated carbocycles. The van der Waals surface area contributed by atoms with Crippen LogP contribution in [0.2, 0.25) is 10.3 Å². The number of aromatic nitrogens is 5. The lowest BCUT2D eigenvalue weighted by Crippen LogP contribution is -2.27. The zero-order valence-corrected chi connectivity index (χ0v) is 18.3. The second-order valence-electron chi connectivity index (χ2n) is 7.16. The quantitative estimate of drug-likeness (QED) is 0.369. The van der Waals surface area contributed by atoms with E-state index in [0.29, 0.717) is 44.3 Å². The fraction of sp³-hybridized carbons (Fsp3) is 0.0870. The molecule has 3 aromatic heterocycles. The largest absolute Gasteiger partial charge is 0.358 e. The zero-order chi connectivity index (χ0) is 22.2. The number of rotatable bonds is 4. The molecule has 0 aliphatic rings. The van der Waals surface area contributed by atoms with Crippen LogP contribution in [0.25, 0.3) is 27.6 Å². The van der Waals surface area contributed by atoms with Crippen molar-refractivity contribution in [2.24, 2.45) is 0 Å². The van der Waals surface area contributed by atoms with Gasteiger partial charge in [-0.1, -0.05) is 35.9 Å². The van der Waals surface area contributed by atoms with Crippen molar-refractivity contribution < 1.29 is 0 Å². The van der Waals surface area contributed by atoms with Gasteiger partial charge >= 0.3 is 0 Å². The lowest BCUT2D eigenvalue weighted by molar-refractivity contribution is 0.731. The van der Waals surface area contributed by atoms with Crippen LogP contribution < -0.4 is 10.9 Å². The average molecular weight is 463 g/mol. The number of halogens is 2. The van der Waals surface area contributed by atoms with Crippen molar-refractivity contribution in [1.82, 2.24) is 24.5 Å². The molecule has 0 fully saturated rings. The first-order chi connectivity index (χ1) is 15.5. The van der Waals surface area contributed by atoms with Crippen LogP contribution in [0.1, 0.15) is 18.8 Å². The molecule has 5 rings (SSSR count). The molecule has 5 aromatic rings. The van der Waals surface area contributed by atoms with Crippen molar-refractivity contribution in [3.63, 3.8) is 0 Å². The molecule has 9 heteroatoms. The van der Waals surface area contributed by atoms with Crippen LogP contribution in [0.15, 0.2) is 71.7 Å². The van der Waals surface area contributed by atoms with Gasteiger partial charge in [0, 0.05) is 6.20 Å². The normalized spacial score (nSPS) is 12.2. The summed E-state index contributed by atoms with van der Waals surface area (Å²) < 4.78 is 1.56. The van der Waals surface area contributed by atoms with Crippen LogP contribution >= 0.6 is 23.2 Å². The van der Waals surface area contributed by atoms with E-state index in [1.165, 1.54) is 0 Å². The van der Waals surface area contributed by atoms with Gasteiger partial charge in [-0.05, 0) is 54.9 Å². The monoisotopic (exact) mass is 462 g/mol. The molecular formula is C23H16Cl2N6O. The molecule has 7 nitrogen and oxygen atoms in total. The standard InChI is InChI=1S/C23H16Cl2N6O/c1-13(27-20-19-17(11-6-12-26-19)29-23(25)30-20)21-28-16-10-5-9-15(24)18(16)22(32)31(21)14-7-3-2-4-8-14/h2-13H,1H3,(H,27,29,30). The predicted octanol–water partition coefficient (Wildman–Crippen LogP) is 5.20. The number of pyridine rings is 1. The first kappa shape index (κ1) is 20.4. The van der Waals surface area contributed by atoms with E-state index in [0.717, 1.165) is 0 Å². The summed E-state index contributed by atoms with van der Waals surface area (Å²) in [4.78, 5) is 31.2. The van der Waals surface area contributed by atoms with Gasteiger partial charge in [-0.25, -0.2) is 9.97 Å². The van der Waals surface area contributed by atoms with Gasteiger partial charge in [0.05, 0.1) is 33.2 Å². The lowest BCUT2D eigenvalue weighted by Gasteiger charge is -2.20. The SMILES string of the molecule is CC(Nc1nc(Cl)nc2cccnc12)c1nc2cccc(Cl)c2c(=O)n1-c1ccccc1. The highest BCUT2D eigenvalue weighted by molar-refractivity contribution is 6.35. The molecule has 0 bridgehead atoms. The zero-order valence-electron chi connectivity index (χ0n) is 16.8. The molecule has 1 atom stereocenters. The van der Waals surface area contributed by atoms with Gasteiger partial charge in [-0.15, -0.1) is 0 Å². The number of fused-ring (bicyclic) bond motifs is 2. The minimum atomic E-state index is -0.428. The summed E-state index contributed by atoms with van der Waals surface area (Å²) in [6, 6.07) is 17.7. The van der Waals surface area contributed by atoms with E-state index in [9.17, 15) is 4.79 Å². The lowest BCUT2D eigenvalue weighted by atomic mass is 10.2. The van der Waals surface area contributed by atoms with Crippen LogP contribution in [0, 0.1) is 0 Å². The molecule has 0 saturated heterocycles. The van der Waals surface area contributed by atoms with Crippen molar-refractivity contribution in [2.45, 2.75) is 13.0 Å². The third kappa shape index (κ3) is 3.55. The molecule has 0 radical (unpaired) electrons. The van der Waals surface area contributed by atoms with E-state index in [4.69, 9.17) is 28.2 Å². The Bertz CT molecular complexity index is 1520. The molecule has 3 heterocycles. The number of para-hydroxylation sites is 1. The van der Waals surface area contributed by atoms with Gasteiger partial charge in [0.2, 0.25) is 5.28 Å². The van der Waals surface area contributed by atoms with Crippen molar-refractivity contribution in [3.05, 3.63) is 93.3 Å². The molecule has 0 amide bonds. The first-order valence-corrected chi connectivity index (χ1v) is 10.6. The summed E-state index contributed by atoms with van der Waals surface area (Å²) in [5.41, 5.74) is 2.13. The van der Waals surface area contributed by atoms with Gasteiger partial charge in [0.1, 0.15) is 11.3 Å². The third-order valence-electron chi connectivity index (χ3n) is 5.06. The van der Waals surface area contributed by atoms with E-state index in [1.54, 1.807) is 35.0 Å². The van der Waals surface area contributed by atoms with Gasteiger partial charge < -0.3 is 5.32 Å². The van der Waals surface area contributed by atoms with Crippen molar-refractivity contribution >= 4 is 51.0 Å². The number of hydrogen-bond donors (Lipinski definition) is 1. The number of hydrogen-bond acceptors (Lipinski definition) is 6. The number of anilines is 1. The number of nitrogens with one attached hydrogen (secondary N) is 1. The van der Waals surface area contributed by atoms with E-state index >= 15 is 0 Å². The van der Waals surface area contributed by atoms with E-state index in [1.807, 2.05) is 43.3 Å². The Labute approximate surface area is 192 Å². The van der Waals surface area contributed by atoms with Crippen LogP contribution in [0.4, 0.5) is 5.82 Å². The molecule has 0 aliphatic heterocycles. The summed E-state index contributed by atoms with van der Waals surface area (Å²) in [7, 11) is 0. The summed E-state index contributed by atoms with van der Waals surface area (Å²) in [6.45, 7) is 1.89. The molecule has 1 N–H and O–H groups in total. The summed E-state index contributed by atoms with van der Waals surface area (Å²) in [6.07, 6.45) is 1.66. The van der Waals surface area contributed by atoms with Gasteiger partial charge in [-0.2, -0.15) is 4.98 Å². The smallest absolute Gasteiger partial charge is 0.267 e. The molecule has 158 valence electrons. The van der Waals surface area contributed by atoms with Crippen LogP contribution in [-0.2, 0) is 0 Å². The molecule has 32 heavy (non-hydrogen) atoms. The highest BCUT2D eigenvalue weighted by Gasteiger charge is 2.21. The highest BCUT2D eigenvalue weighted by atomic mass is 35.5. The summed E-state index contributed by atoms with van der Waals surface area (Å²) in [5, 5.41) is 4.12. The van der Waals surface area contributed by atoms with E-state index < -0.39 is 6.04 Å². The third-order valence-corrected chi connectivity index (χ3v) is 5.54. The Kier molecular flexibility index (Phi) is 5.20. The molecule has 0 aliphatic carbocycles. The molecule has 1 unspecified atom stereocenters. The maximum Gasteiger partial charge on any atom is 0.267 e. The minimum absolute atomic E-state index is 0.0962. The number of nitrogens with zero attached hydrogens (tertiary/aromatic N) is 5. The fourth-order valence-corrected chi connectivity index (χ4v) is 4.06. The Morgan fingerprint density at radius 1 is 0.906 bits per heavy atom. The minimum Gasteiger partial charge on any atom is -0.358 e. The van der Waals surface area contributed by atoms with Crippen LogP contribution in [-0.4, -0.2) is 24.5 Å². The Morgan fingerprint density at radius 3 is 2.50 bits per heavy atom. The Morgan fingerprint density at radius 2 is 1.69 bits per heavy atom. The fourth-order valence-electron chi connectivity index (χ4n) is 3.63. The first-order valence-electron chi connectivity index (χ1n) is 9.84. The number of benzene rings is 2. The highest BCUT2D eigenvalue weighted by Crippen LogP contribution is 2.27. The van der Waals surface area contributed by atoms with Gasteiger partial charge in [-0.3, -0.25) is 14.3 Å². The second kappa shape index (κ2) is 8.18. The average Bonchev–Trinajstić information content (AvgIpc) is 2.79. The second-order valence-corrected chi connectivity index (χ2v) is 7.90. The van der Waals surface area contributed by atoms with Crippen molar-refractivity contribution in [2.75, 3.05) is 5.32 Å². The van der Waals surface area contributed by atoms with Gasteiger partial charge in [0.15, 0.2) is 5.82 Å². The van der Waals surface area contributed by atoms with E-state index in [-0.39, 0.29) is 10.8 Å². The van der Waals surface area contributed by atoms with E-state index in [2.05, 4.69) is 20.3 Å². The summed E-state index contributed by atoms with van der Waals surface area (Å²) >= 11 is 12.5. The molecule has 2 aromatic carbocycles. The maximum absolute atomic E-state index is 13.5. The van der Waals surface area contributed by atoms with Crippen LogP contribution in [0.5, 0.6) is 0 Å². The Balaban J connectivity index is 1.71. The van der Waals surface area contributed by atoms with Crippen molar-refractivity contribution in [3.8, 4) is 5.69 Å². The summed E-state index contributed by atoms with van der Waals surface area (Å²) in [5.74, 6) is 0.947. The molecule has 0 spiro atoms. The van der Waals surface area contributed by atoms with Gasteiger partial charge in [0.25, 0.3) is 5.56 Å². The maximum atomic E-state index is 13.5. The van der Waals surface area contributed by atoms with Crippen molar-refractivity contribution in [1.29, 1.82) is 0 Å². The topological polar surface area (TPSA) is 85.6 Å². The Hall–Kier alpha value is -3.55. The molecular weight excluding hydrogens is 447 g/mol.